The summed E-state index contributed by atoms with van der Waals surface area (Å²) in [6.07, 6.45) is 2.37. The number of carboxylic acid groups (broad SMARTS) is 2. The summed E-state index contributed by atoms with van der Waals surface area (Å²) < 4.78 is 0. The lowest BCUT2D eigenvalue weighted by Gasteiger charge is -2.26. The van der Waals surface area contributed by atoms with Crippen LogP contribution in [0.4, 0.5) is 0 Å². The molecular formula is C22H40N4O7S. The van der Waals surface area contributed by atoms with Crippen molar-refractivity contribution in [3.05, 3.63) is 0 Å². The summed E-state index contributed by atoms with van der Waals surface area (Å²) in [6.45, 7) is 7.28. The molecule has 0 heterocycles. The zero-order valence-corrected chi connectivity index (χ0v) is 21.4. The number of aliphatic carboxylic acids is 2. The van der Waals surface area contributed by atoms with E-state index >= 15 is 0 Å². The number of nitrogens with two attached hydrogens (primary N) is 1. The van der Waals surface area contributed by atoms with E-state index in [-0.39, 0.29) is 24.7 Å². The van der Waals surface area contributed by atoms with Crippen LogP contribution in [0.15, 0.2) is 0 Å². The van der Waals surface area contributed by atoms with Crippen molar-refractivity contribution in [1.82, 2.24) is 16.0 Å². The molecule has 0 aromatic rings. The number of hydrogen-bond donors (Lipinski definition) is 6. The van der Waals surface area contributed by atoms with E-state index in [0.717, 1.165) is 0 Å². The quantitative estimate of drug-likeness (QED) is 0.164. The molecule has 196 valence electrons. The molecule has 5 unspecified atom stereocenters. The van der Waals surface area contributed by atoms with Crippen LogP contribution in [0.25, 0.3) is 0 Å². The predicted molar refractivity (Wildman–Crippen MR) is 130 cm³/mol. The van der Waals surface area contributed by atoms with Crippen molar-refractivity contribution in [2.24, 2.45) is 17.6 Å². The number of carbonyl (C=O) groups excluding carboxylic acids is 3. The minimum absolute atomic E-state index is 0.177. The summed E-state index contributed by atoms with van der Waals surface area (Å²) in [4.78, 5) is 60.9. The van der Waals surface area contributed by atoms with E-state index in [1.807, 2.05) is 20.1 Å². The first kappa shape index (κ1) is 31.7. The first-order valence-corrected chi connectivity index (χ1v) is 12.8. The molecular weight excluding hydrogens is 464 g/mol. The Kier molecular flexibility index (Phi) is 15.2. The molecule has 0 bridgehead atoms. The number of rotatable bonds is 17. The fourth-order valence-corrected chi connectivity index (χ4v) is 3.62. The maximum absolute atomic E-state index is 13.0. The first-order valence-electron chi connectivity index (χ1n) is 11.4. The van der Waals surface area contributed by atoms with E-state index in [4.69, 9.17) is 10.8 Å². The molecule has 0 fully saturated rings. The molecule has 12 heteroatoms. The molecule has 34 heavy (non-hydrogen) atoms. The van der Waals surface area contributed by atoms with Gasteiger partial charge in [0.15, 0.2) is 0 Å². The van der Waals surface area contributed by atoms with Crippen LogP contribution in [0.1, 0.15) is 59.8 Å². The van der Waals surface area contributed by atoms with Crippen LogP contribution in [0.5, 0.6) is 0 Å². The van der Waals surface area contributed by atoms with Crippen LogP contribution >= 0.6 is 11.8 Å². The molecule has 0 aromatic carbocycles. The van der Waals surface area contributed by atoms with Gasteiger partial charge in [-0.3, -0.25) is 19.2 Å². The molecule has 11 nitrogen and oxygen atoms in total. The summed E-state index contributed by atoms with van der Waals surface area (Å²) in [7, 11) is 0. The number of carbonyl (C=O) groups is 5. The van der Waals surface area contributed by atoms with Gasteiger partial charge in [0.05, 0.1) is 6.04 Å². The highest BCUT2D eigenvalue weighted by atomic mass is 32.2. The molecule has 7 N–H and O–H groups in total. The normalized spacial score (nSPS) is 15.5. The molecule has 0 aliphatic carbocycles. The van der Waals surface area contributed by atoms with Gasteiger partial charge in [0.25, 0.3) is 0 Å². The monoisotopic (exact) mass is 504 g/mol. The Bertz CT molecular complexity index is 705. The second kappa shape index (κ2) is 16.3. The largest absolute Gasteiger partial charge is 0.481 e. The van der Waals surface area contributed by atoms with Crippen LogP contribution in [0.3, 0.4) is 0 Å². The van der Waals surface area contributed by atoms with E-state index in [1.165, 1.54) is 11.8 Å². The highest BCUT2D eigenvalue weighted by Gasteiger charge is 2.32. The zero-order valence-electron chi connectivity index (χ0n) is 20.6. The molecule has 0 radical (unpaired) electrons. The van der Waals surface area contributed by atoms with Crippen molar-refractivity contribution in [2.45, 2.75) is 84.0 Å². The summed E-state index contributed by atoms with van der Waals surface area (Å²) in [5, 5.41) is 26.0. The summed E-state index contributed by atoms with van der Waals surface area (Å²) >= 11 is 1.47. The van der Waals surface area contributed by atoms with Crippen LogP contribution in [0.2, 0.25) is 0 Å². The molecule has 0 rings (SSSR count). The van der Waals surface area contributed by atoms with Crippen LogP contribution in [-0.2, 0) is 24.0 Å². The third-order valence-electron chi connectivity index (χ3n) is 5.36. The summed E-state index contributed by atoms with van der Waals surface area (Å²) in [5.74, 6) is -4.02. The molecule has 5 atom stereocenters. The van der Waals surface area contributed by atoms with Crippen molar-refractivity contribution in [3.8, 4) is 0 Å². The zero-order chi connectivity index (χ0) is 26.4. The van der Waals surface area contributed by atoms with E-state index in [1.54, 1.807) is 13.8 Å². The topological polar surface area (TPSA) is 188 Å². The van der Waals surface area contributed by atoms with Gasteiger partial charge < -0.3 is 31.9 Å². The fraction of sp³-hybridized carbons (Fsp3) is 0.773. The molecule has 0 saturated heterocycles. The van der Waals surface area contributed by atoms with E-state index in [2.05, 4.69) is 16.0 Å². The van der Waals surface area contributed by atoms with Crippen LogP contribution in [-0.4, -0.2) is 76.0 Å². The maximum Gasteiger partial charge on any atom is 0.326 e. The van der Waals surface area contributed by atoms with Crippen molar-refractivity contribution in [2.75, 3.05) is 12.0 Å². The van der Waals surface area contributed by atoms with Gasteiger partial charge in [0, 0.05) is 6.42 Å². The number of amides is 3. The van der Waals surface area contributed by atoms with Gasteiger partial charge in [-0.1, -0.05) is 34.1 Å². The van der Waals surface area contributed by atoms with Crippen molar-refractivity contribution in [3.63, 3.8) is 0 Å². The number of thioether (sulfide) groups is 1. The van der Waals surface area contributed by atoms with Gasteiger partial charge in [-0.15, -0.1) is 0 Å². The highest BCUT2D eigenvalue weighted by Crippen LogP contribution is 2.10. The van der Waals surface area contributed by atoms with Gasteiger partial charge in [0.2, 0.25) is 17.7 Å². The van der Waals surface area contributed by atoms with Crippen LogP contribution < -0.4 is 21.7 Å². The Hall–Kier alpha value is -2.34. The molecule has 3 amide bonds. The second-order valence-electron chi connectivity index (χ2n) is 8.78. The lowest BCUT2D eigenvalue weighted by Crippen LogP contribution is -2.58. The average Bonchev–Trinajstić information content (AvgIpc) is 2.75. The number of hydrogen-bond acceptors (Lipinski definition) is 7. The van der Waals surface area contributed by atoms with E-state index < -0.39 is 60.2 Å². The first-order chi connectivity index (χ1) is 15.8. The Labute approximate surface area is 205 Å². The van der Waals surface area contributed by atoms with Gasteiger partial charge in [-0.05, 0) is 43.1 Å². The summed E-state index contributed by atoms with van der Waals surface area (Å²) in [5.41, 5.74) is 5.92. The average molecular weight is 505 g/mol. The predicted octanol–water partition coefficient (Wildman–Crippen LogP) is 0.563. The molecule has 0 aliphatic rings. The fourth-order valence-electron chi connectivity index (χ4n) is 3.14. The Morgan fingerprint density at radius 2 is 1.41 bits per heavy atom. The third kappa shape index (κ3) is 12.2. The van der Waals surface area contributed by atoms with Crippen molar-refractivity contribution >= 4 is 41.4 Å². The van der Waals surface area contributed by atoms with Crippen LogP contribution in [0, 0.1) is 11.8 Å². The van der Waals surface area contributed by atoms with Gasteiger partial charge in [0.1, 0.15) is 18.1 Å². The van der Waals surface area contributed by atoms with Gasteiger partial charge in [-0.2, -0.15) is 11.8 Å². The Balaban J connectivity index is 5.57. The SMILES string of the molecule is CCC(C)C(NC(=O)C(CCC(=O)O)NC(=O)C(CCSC)NC(=O)C(N)CC(C)C)C(=O)O. The standard InChI is InChI=1S/C22H40N4O7S/c1-6-13(4)18(22(32)33)26-21(31)15(7-8-17(27)28)25-20(30)16(9-10-34-5)24-19(29)14(23)11-12(2)3/h12-16,18H,6-11,23H2,1-5H3,(H,24,29)(H,25,30)(H,26,31)(H,27,28)(H,32,33). The second-order valence-corrected chi connectivity index (χ2v) is 9.77. The molecule has 0 aromatic heterocycles. The Morgan fingerprint density at radius 3 is 1.88 bits per heavy atom. The van der Waals surface area contributed by atoms with Gasteiger partial charge >= 0.3 is 11.9 Å². The Morgan fingerprint density at radius 1 is 0.882 bits per heavy atom. The minimum atomic E-state index is -1.28. The molecule has 0 saturated carbocycles. The van der Waals surface area contributed by atoms with Crippen molar-refractivity contribution in [1.29, 1.82) is 0 Å². The van der Waals surface area contributed by atoms with E-state index in [9.17, 15) is 29.1 Å². The lowest BCUT2D eigenvalue weighted by atomic mass is 9.98. The van der Waals surface area contributed by atoms with Gasteiger partial charge in [-0.25, -0.2) is 4.79 Å². The number of carboxylic acids is 2. The molecule has 0 aliphatic heterocycles. The smallest absolute Gasteiger partial charge is 0.326 e. The van der Waals surface area contributed by atoms with E-state index in [0.29, 0.717) is 18.6 Å². The number of nitrogens with one attached hydrogen (secondary N) is 3. The highest BCUT2D eigenvalue weighted by molar-refractivity contribution is 7.98. The van der Waals surface area contributed by atoms with Crippen molar-refractivity contribution < 1.29 is 34.2 Å². The summed E-state index contributed by atoms with van der Waals surface area (Å²) in [6, 6.07) is -4.26. The maximum atomic E-state index is 13.0. The minimum Gasteiger partial charge on any atom is -0.481 e. The molecule has 0 spiro atoms. The third-order valence-corrected chi connectivity index (χ3v) is 6.01. The lowest BCUT2D eigenvalue weighted by molar-refractivity contribution is -0.144.